The van der Waals surface area contributed by atoms with Gasteiger partial charge in [-0.15, -0.1) is 0 Å². The maximum absolute atomic E-state index is 11.1. The summed E-state index contributed by atoms with van der Waals surface area (Å²) in [6.07, 6.45) is 2.51. The van der Waals surface area contributed by atoms with Crippen LogP contribution in [0.25, 0.3) is 0 Å². The molecule has 2 aliphatic heterocycles. The smallest absolute Gasteiger partial charge is 0.171 e. The average molecular weight is 441 g/mol. The van der Waals surface area contributed by atoms with Gasteiger partial charge in [-0.2, -0.15) is 0 Å². The van der Waals surface area contributed by atoms with E-state index in [1.54, 1.807) is 27.7 Å². The fraction of sp³-hybridized carbons (Fsp3) is 0.778. The first-order chi connectivity index (χ1) is 12.4. The molecule has 2 aliphatic rings. The van der Waals surface area contributed by atoms with Crippen LogP contribution in [0.15, 0.2) is 23.0 Å². The molecule has 164 valence electrons. The fourth-order valence-electron chi connectivity index (χ4n) is 2.54. The first kappa shape index (κ1) is 25.3. The van der Waals surface area contributed by atoms with Crippen molar-refractivity contribution in [3.63, 3.8) is 0 Å². The minimum atomic E-state index is -3.16. The van der Waals surface area contributed by atoms with Crippen LogP contribution in [0.3, 0.4) is 0 Å². The van der Waals surface area contributed by atoms with Crippen molar-refractivity contribution in [3.05, 3.63) is 23.0 Å². The Morgan fingerprint density at radius 1 is 0.786 bits per heavy atom. The van der Waals surface area contributed by atoms with E-state index in [-0.39, 0.29) is 22.0 Å². The number of hydrogen-bond acceptors (Lipinski definition) is 8. The van der Waals surface area contributed by atoms with Gasteiger partial charge in [-0.1, -0.05) is 13.2 Å². The maximum atomic E-state index is 11.1. The van der Waals surface area contributed by atoms with Gasteiger partial charge in [0.05, 0.1) is 25.4 Å². The van der Waals surface area contributed by atoms with Crippen LogP contribution in [0.1, 0.15) is 40.5 Å². The van der Waals surface area contributed by atoms with Gasteiger partial charge in [0.2, 0.25) is 0 Å². The highest BCUT2D eigenvalue weighted by molar-refractivity contribution is 7.94. The summed E-state index contributed by atoms with van der Waals surface area (Å²) in [6.45, 7) is 15.1. The van der Waals surface area contributed by atoms with Crippen LogP contribution in [0.2, 0.25) is 0 Å². The molecule has 0 aromatic heterocycles. The molecule has 0 amide bonds. The second-order valence-corrected chi connectivity index (χ2v) is 12.2. The minimum Gasteiger partial charge on any atom is -0.348 e. The lowest BCUT2D eigenvalue weighted by Gasteiger charge is -2.17. The third-order valence-electron chi connectivity index (χ3n) is 4.09. The van der Waals surface area contributed by atoms with Crippen LogP contribution in [0.4, 0.5) is 0 Å². The van der Waals surface area contributed by atoms with Crippen molar-refractivity contribution in [2.75, 3.05) is 25.7 Å². The topological polar surface area (TPSA) is 105 Å². The molecule has 0 bridgehead atoms. The molecule has 0 aromatic carbocycles. The van der Waals surface area contributed by atoms with Crippen molar-refractivity contribution in [2.45, 2.75) is 64.3 Å². The van der Waals surface area contributed by atoms with Crippen LogP contribution in [0, 0.1) is 0 Å². The molecular weight excluding hydrogens is 408 g/mol. The Morgan fingerprint density at radius 3 is 1.25 bits per heavy atom. The molecule has 0 saturated carbocycles. The fourth-order valence-corrected chi connectivity index (χ4v) is 3.52. The number of sulfone groups is 2. The highest BCUT2D eigenvalue weighted by Crippen LogP contribution is 2.27. The monoisotopic (exact) mass is 440 g/mol. The predicted molar refractivity (Wildman–Crippen MR) is 107 cm³/mol. The Bertz CT molecular complexity index is 725. The zero-order chi connectivity index (χ0) is 22.0. The van der Waals surface area contributed by atoms with E-state index in [0.717, 1.165) is 12.5 Å². The van der Waals surface area contributed by atoms with Crippen LogP contribution < -0.4 is 0 Å². The first-order valence-electron chi connectivity index (χ1n) is 8.80. The summed E-state index contributed by atoms with van der Waals surface area (Å²) in [5, 5.41) is 0. The molecular formula is C18H32O8S2. The number of hydrogen-bond donors (Lipinski definition) is 0. The van der Waals surface area contributed by atoms with E-state index < -0.39 is 31.2 Å². The molecule has 2 saturated heterocycles. The van der Waals surface area contributed by atoms with Crippen molar-refractivity contribution >= 4 is 19.7 Å². The first-order valence-corrected chi connectivity index (χ1v) is 12.6. The largest absolute Gasteiger partial charge is 0.348 e. The van der Waals surface area contributed by atoms with Gasteiger partial charge in [0.1, 0.15) is 0 Å². The van der Waals surface area contributed by atoms with Crippen LogP contribution in [-0.2, 0) is 38.6 Å². The Kier molecular flexibility index (Phi) is 8.05. The SMILES string of the molecule is C=C(C[C@@H]1COC(C)(C)O1)S(C)(=O)=O.C=C(C[C@H]1COC(C)(C)O1)S(C)(=O)=O. The second kappa shape index (κ2) is 8.93. The summed E-state index contributed by atoms with van der Waals surface area (Å²) in [6, 6.07) is 0. The summed E-state index contributed by atoms with van der Waals surface area (Å²) in [7, 11) is -6.32. The molecule has 8 nitrogen and oxygen atoms in total. The zero-order valence-electron chi connectivity index (χ0n) is 17.5. The molecule has 2 heterocycles. The van der Waals surface area contributed by atoms with Gasteiger partial charge >= 0.3 is 0 Å². The van der Waals surface area contributed by atoms with Crippen molar-refractivity contribution in [3.8, 4) is 0 Å². The Balaban J connectivity index is 0.000000280. The standard InChI is InChI=1S/2C9H16O4S/c2*1-7(14(4,10)11)5-8-6-12-9(2,3)13-8/h2*8H,1,5-6H2,2-4H3/t2*8-/m10/s1. The zero-order valence-corrected chi connectivity index (χ0v) is 19.1. The van der Waals surface area contributed by atoms with E-state index in [1.807, 2.05) is 0 Å². The van der Waals surface area contributed by atoms with Gasteiger partial charge in [-0.25, -0.2) is 16.8 Å². The molecule has 0 aliphatic carbocycles. The van der Waals surface area contributed by atoms with Crippen LogP contribution in [0.5, 0.6) is 0 Å². The third kappa shape index (κ3) is 8.71. The molecule has 10 heteroatoms. The van der Waals surface area contributed by atoms with Gasteiger partial charge in [-0.3, -0.25) is 0 Å². The summed E-state index contributed by atoms with van der Waals surface area (Å²) in [5.41, 5.74) is 0. The number of rotatable bonds is 6. The highest BCUT2D eigenvalue weighted by Gasteiger charge is 2.34. The molecule has 28 heavy (non-hydrogen) atoms. The quantitative estimate of drug-likeness (QED) is 0.619. The van der Waals surface area contributed by atoms with Crippen molar-refractivity contribution in [2.24, 2.45) is 0 Å². The Morgan fingerprint density at radius 2 is 1.07 bits per heavy atom. The van der Waals surface area contributed by atoms with E-state index in [1.165, 1.54) is 0 Å². The highest BCUT2D eigenvalue weighted by atomic mass is 32.2. The van der Waals surface area contributed by atoms with Gasteiger partial charge in [0.25, 0.3) is 0 Å². The van der Waals surface area contributed by atoms with E-state index in [4.69, 9.17) is 18.9 Å². The summed E-state index contributed by atoms with van der Waals surface area (Å²) >= 11 is 0. The lowest BCUT2D eigenvalue weighted by atomic mass is 10.3. The predicted octanol–water partition coefficient (Wildman–Crippen LogP) is 2.17. The summed E-state index contributed by atoms with van der Waals surface area (Å²) < 4.78 is 65.9. The van der Waals surface area contributed by atoms with E-state index in [0.29, 0.717) is 26.1 Å². The third-order valence-corrected chi connectivity index (χ3v) is 6.52. The molecule has 2 rings (SSSR count). The molecule has 2 atom stereocenters. The summed E-state index contributed by atoms with van der Waals surface area (Å²) in [5.74, 6) is -1.22. The normalized spacial score (nSPS) is 26.4. The molecule has 0 unspecified atom stereocenters. The Labute approximate surface area is 168 Å². The van der Waals surface area contributed by atoms with Crippen molar-refractivity contribution < 1.29 is 35.8 Å². The van der Waals surface area contributed by atoms with E-state index in [9.17, 15) is 16.8 Å². The average Bonchev–Trinajstić information content (AvgIpc) is 2.99. The maximum Gasteiger partial charge on any atom is 0.171 e. The molecule has 0 N–H and O–H groups in total. The minimum absolute atomic E-state index is 0.198. The van der Waals surface area contributed by atoms with Gasteiger partial charge in [0.15, 0.2) is 31.2 Å². The van der Waals surface area contributed by atoms with Gasteiger partial charge in [0, 0.05) is 35.2 Å². The van der Waals surface area contributed by atoms with Crippen molar-refractivity contribution in [1.82, 2.24) is 0 Å². The lowest BCUT2D eigenvalue weighted by molar-refractivity contribution is -0.138. The van der Waals surface area contributed by atoms with Gasteiger partial charge < -0.3 is 18.9 Å². The molecule has 0 radical (unpaired) electrons. The van der Waals surface area contributed by atoms with Crippen LogP contribution in [-0.4, -0.2) is 66.3 Å². The lowest BCUT2D eigenvalue weighted by Crippen LogP contribution is -2.22. The molecule has 0 aromatic rings. The van der Waals surface area contributed by atoms with Gasteiger partial charge in [-0.05, 0) is 27.7 Å². The van der Waals surface area contributed by atoms with E-state index in [2.05, 4.69) is 13.2 Å². The number of ether oxygens (including phenoxy) is 4. The van der Waals surface area contributed by atoms with Crippen molar-refractivity contribution in [1.29, 1.82) is 0 Å². The Hall–Kier alpha value is -0.780. The van der Waals surface area contributed by atoms with E-state index >= 15 is 0 Å². The molecule has 0 spiro atoms. The van der Waals surface area contributed by atoms with Crippen LogP contribution >= 0.6 is 0 Å². The molecule has 2 fully saturated rings. The summed E-state index contributed by atoms with van der Waals surface area (Å²) in [4.78, 5) is 0.396. The second-order valence-electron chi connectivity index (χ2n) is 7.93.